The summed E-state index contributed by atoms with van der Waals surface area (Å²) in [6, 6.07) is 10.6. The third kappa shape index (κ3) is 2.48. The summed E-state index contributed by atoms with van der Waals surface area (Å²) in [5.41, 5.74) is 1.84. The molecular formula is C18H24O. The molecule has 2 fully saturated rings. The standard InChI is InChI=1S/C18H24O/c1-18-12-5-8-16(18)15(17(19)11-13-18)10-9-14-6-3-2-4-7-14/h2-4,6-7,15-16H,5,8-13H2,1H3/t15?,16-,18-/m0/s1. The molecule has 1 unspecified atom stereocenters. The van der Waals surface area contributed by atoms with Gasteiger partial charge in [-0.25, -0.2) is 0 Å². The van der Waals surface area contributed by atoms with E-state index in [1.54, 1.807) is 0 Å². The molecule has 3 atom stereocenters. The zero-order valence-corrected chi connectivity index (χ0v) is 11.9. The van der Waals surface area contributed by atoms with Gasteiger partial charge in [-0.05, 0) is 49.0 Å². The Balaban J connectivity index is 1.70. The van der Waals surface area contributed by atoms with Crippen LogP contribution in [0.2, 0.25) is 0 Å². The number of rotatable bonds is 3. The van der Waals surface area contributed by atoms with Gasteiger partial charge in [-0.2, -0.15) is 0 Å². The van der Waals surface area contributed by atoms with E-state index in [2.05, 4.69) is 37.3 Å². The van der Waals surface area contributed by atoms with Gasteiger partial charge >= 0.3 is 0 Å². The van der Waals surface area contributed by atoms with Crippen molar-refractivity contribution in [3.05, 3.63) is 35.9 Å². The predicted molar refractivity (Wildman–Crippen MR) is 77.9 cm³/mol. The summed E-state index contributed by atoms with van der Waals surface area (Å²) in [4.78, 5) is 12.3. The van der Waals surface area contributed by atoms with Gasteiger partial charge in [0.1, 0.15) is 5.78 Å². The lowest BCUT2D eigenvalue weighted by molar-refractivity contribution is -0.130. The second-order valence-electron chi connectivity index (χ2n) is 6.75. The van der Waals surface area contributed by atoms with Crippen molar-refractivity contribution in [1.82, 2.24) is 0 Å². The van der Waals surface area contributed by atoms with E-state index in [0.29, 0.717) is 23.0 Å². The molecular weight excluding hydrogens is 232 g/mol. The molecule has 1 aromatic carbocycles. The summed E-state index contributed by atoms with van der Waals surface area (Å²) < 4.78 is 0. The fourth-order valence-electron chi connectivity index (χ4n) is 4.40. The second-order valence-corrected chi connectivity index (χ2v) is 6.75. The van der Waals surface area contributed by atoms with Gasteiger partial charge in [0, 0.05) is 12.3 Å². The Morgan fingerprint density at radius 3 is 2.79 bits per heavy atom. The lowest BCUT2D eigenvalue weighted by Gasteiger charge is -2.41. The fourth-order valence-corrected chi connectivity index (χ4v) is 4.40. The maximum absolute atomic E-state index is 12.3. The smallest absolute Gasteiger partial charge is 0.136 e. The number of aryl methyl sites for hydroxylation is 1. The van der Waals surface area contributed by atoms with Crippen molar-refractivity contribution in [2.45, 2.75) is 51.9 Å². The monoisotopic (exact) mass is 256 g/mol. The van der Waals surface area contributed by atoms with E-state index >= 15 is 0 Å². The molecule has 0 radical (unpaired) electrons. The van der Waals surface area contributed by atoms with Crippen molar-refractivity contribution in [2.24, 2.45) is 17.3 Å². The van der Waals surface area contributed by atoms with Gasteiger partial charge in [-0.3, -0.25) is 4.79 Å². The normalized spacial score (nSPS) is 34.3. The molecule has 0 bridgehead atoms. The third-order valence-corrected chi connectivity index (χ3v) is 5.59. The van der Waals surface area contributed by atoms with Gasteiger partial charge in [0.2, 0.25) is 0 Å². The molecule has 1 heteroatoms. The summed E-state index contributed by atoms with van der Waals surface area (Å²) in [5, 5.41) is 0. The van der Waals surface area contributed by atoms with Gasteiger partial charge < -0.3 is 0 Å². The zero-order valence-electron chi connectivity index (χ0n) is 11.9. The first-order valence-electron chi connectivity index (χ1n) is 7.76. The molecule has 1 nitrogen and oxygen atoms in total. The van der Waals surface area contributed by atoms with Crippen molar-refractivity contribution < 1.29 is 4.79 Å². The summed E-state index contributed by atoms with van der Waals surface area (Å²) in [7, 11) is 0. The van der Waals surface area contributed by atoms with Crippen LogP contribution < -0.4 is 0 Å². The highest BCUT2D eigenvalue weighted by atomic mass is 16.1. The van der Waals surface area contributed by atoms with Gasteiger partial charge in [-0.1, -0.05) is 43.7 Å². The fraction of sp³-hybridized carbons (Fsp3) is 0.611. The van der Waals surface area contributed by atoms with Crippen LogP contribution in [0.15, 0.2) is 30.3 Å². The summed E-state index contributed by atoms with van der Waals surface area (Å²) >= 11 is 0. The maximum Gasteiger partial charge on any atom is 0.136 e. The zero-order chi connectivity index (χ0) is 13.3. The van der Waals surface area contributed by atoms with Crippen molar-refractivity contribution in [3.8, 4) is 0 Å². The van der Waals surface area contributed by atoms with E-state index in [1.165, 1.54) is 24.8 Å². The lowest BCUT2D eigenvalue weighted by Crippen LogP contribution is -2.38. The highest BCUT2D eigenvalue weighted by Crippen LogP contribution is 2.54. The van der Waals surface area contributed by atoms with Crippen molar-refractivity contribution in [2.75, 3.05) is 0 Å². The molecule has 0 saturated heterocycles. The van der Waals surface area contributed by atoms with E-state index in [9.17, 15) is 4.79 Å². The van der Waals surface area contributed by atoms with Crippen LogP contribution in [0, 0.1) is 17.3 Å². The quantitative estimate of drug-likeness (QED) is 0.783. The molecule has 3 rings (SSSR count). The molecule has 2 saturated carbocycles. The Morgan fingerprint density at radius 1 is 1.21 bits per heavy atom. The first-order chi connectivity index (χ1) is 9.19. The molecule has 0 amide bonds. The highest BCUT2D eigenvalue weighted by Gasteiger charge is 2.47. The van der Waals surface area contributed by atoms with Crippen molar-refractivity contribution >= 4 is 5.78 Å². The minimum Gasteiger partial charge on any atom is -0.299 e. The Bertz CT molecular complexity index is 450. The molecule has 0 aromatic heterocycles. The molecule has 0 spiro atoms. The van der Waals surface area contributed by atoms with Crippen molar-refractivity contribution in [1.29, 1.82) is 0 Å². The molecule has 0 aliphatic heterocycles. The van der Waals surface area contributed by atoms with Crippen LogP contribution in [0.4, 0.5) is 0 Å². The van der Waals surface area contributed by atoms with Crippen LogP contribution in [0.3, 0.4) is 0 Å². The SMILES string of the molecule is C[C@@]12CCC[C@H]1C(CCc1ccccc1)C(=O)CC2. The maximum atomic E-state index is 12.3. The predicted octanol–water partition coefficient (Wildman–Crippen LogP) is 4.40. The van der Waals surface area contributed by atoms with Crippen LogP contribution in [-0.2, 0) is 11.2 Å². The number of benzene rings is 1. The molecule has 0 heterocycles. The second kappa shape index (κ2) is 5.11. The van der Waals surface area contributed by atoms with Gasteiger partial charge in [-0.15, -0.1) is 0 Å². The topological polar surface area (TPSA) is 17.1 Å². The first kappa shape index (κ1) is 12.9. The summed E-state index contributed by atoms with van der Waals surface area (Å²) in [5.74, 6) is 1.54. The largest absolute Gasteiger partial charge is 0.299 e. The minimum absolute atomic E-state index is 0.335. The molecule has 1 aromatic rings. The van der Waals surface area contributed by atoms with Gasteiger partial charge in [0.05, 0.1) is 0 Å². The van der Waals surface area contributed by atoms with E-state index in [-0.39, 0.29) is 0 Å². The first-order valence-corrected chi connectivity index (χ1v) is 7.76. The van der Waals surface area contributed by atoms with E-state index in [0.717, 1.165) is 25.7 Å². The van der Waals surface area contributed by atoms with E-state index < -0.39 is 0 Å². The Labute approximate surface area is 116 Å². The highest BCUT2D eigenvalue weighted by molar-refractivity contribution is 5.82. The third-order valence-electron chi connectivity index (χ3n) is 5.59. The van der Waals surface area contributed by atoms with Gasteiger partial charge in [0.25, 0.3) is 0 Å². The molecule has 2 aliphatic carbocycles. The Kier molecular flexibility index (Phi) is 3.47. The van der Waals surface area contributed by atoms with Crippen molar-refractivity contribution in [3.63, 3.8) is 0 Å². The summed E-state index contributed by atoms with van der Waals surface area (Å²) in [6.07, 6.45) is 8.03. The van der Waals surface area contributed by atoms with E-state index in [4.69, 9.17) is 0 Å². The van der Waals surface area contributed by atoms with Crippen LogP contribution >= 0.6 is 0 Å². The Morgan fingerprint density at radius 2 is 2.00 bits per heavy atom. The number of carbonyl (C=O) groups is 1. The number of ketones is 1. The number of carbonyl (C=O) groups excluding carboxylic acids is 1. The molecule has 102 valence electrons. The average molecular weight is 256 g/mol. The summed E-state index contributed by atoms with van der Waals surface area (Å²) in [6.45, 7) is 2.42. The lowest BCUT2D eigenvalue weighted by atomic mass is 9.63. The number of fused-ring (bicyclic) bond motifs is 1. The van der Waals surface area contributed by atoms with Crippen LogP contribution in [0.25, 0.3) is 0 Å². The van der Waals surface area contributed by atoms with Crippen LogP contribution in [0.1, 0.15) is 51.0 Å². The number of hydrogen-bond acceptors (Lipinski definition) is 1. The number of hydrogen-bond donors (Lipinski definition) is 0. The molecule has 2 aliphatic rings. The molecule has 19 heavy (non-hydrogen) atoms. The van der Waals surface area contributed by atoms with Gasteiger partial charge in [0.15, 0.2) is 0 Å². The van der Waals surface area contributed by atoms with Crippen LogP contribution in [-0.4, -0.2) is 5.78 Å². The average Bonchev–Trinajstić information content (AvgIpc) is 2.81. The Hall–Kier alpha value is -1.11. The van der Waals surface area contributed by atoms with E-state index in [1.807, 2.05) is 0 Å². The number of Topliss-reactive ketones (excluding diaryl/α,β-unsaturated/α-hetero) is 1. The molecule has 0 N–H and O–H groups in total. The van der Waals surface area contributed by atoms with Crippen LogP contribution in [0.5, 0.6) is 0 Å². The minimum atomic E-state index is 0.335.